The molecule has 0 fully saturated rings. The lowest BCUT2D eigenvalue weighted by Crippen LogP contribution is -2.11. The zero-order valence-electron chi connectivity index (χ0n) is 9.80. The van der Waals surface area contributed by atoms with E-state index in [9.17, 15) is 8.42 Å². The number of benzene rings is 1. The van der Waals surface area contributed by atoms with Gasteiger partial charge < -0.3 is 0 Å². The molecule has 0 aromatic heterocycles. The molecule has 94 valence electrons. The van der Waals surface area contributed by atoms with E-state index in [0.717, 1.165) is 19.3 Å². The van der Waals surface area contributed by atoms with Crippen molar-refractivity contribution < 1.29 is 13.0 Å². The number of rotatable bonds is 4. The fraction of sp³-hybridized carbons (Fsp3) is 0.538. The average Bonchev–Trinajstić information content (AvgIpc) is 2.28. The lowest BCUT2D eigenvalue weighted by atomic mass is 9.81. The maximum Gasteiger partial charge on any atom is 0.264 e. The summed E-state index contributed by atoms with van der Waals surface area (Å²) in [6.45, 7) is 0. The summed E-state index contributed by atoms with van der Waals surface area (Å²) in [6.07, 6.45) is 4.82. The quantitative estimate of drug-likeness (QED) is 0.841. The molecule has 1 N–H and O–H groups in total. The van der Waals surface area contributed by atoms with E-state index in [-0.39, 0.29) is 5.75 Å². The van der Waals surface area contributed by atoms with Crippen molar-refractivity contribution in [1.29, 1.82) is 0 Å². The summed E-state index contributed by atoms with van der Waals surface area (Å²) in [5.41, 5.74) is 2.77. The zero-order chi connectivity index (χ0) is 12.3. The Bertz CT molecular complexity index is 479. The number of hydrogen-bond donors (Lipinski definition) is 1. The summed E-state index contributed by atoms with van der Waals surface area (Å²) >= 11 is 0. The molecule has 0 spiro atoms. The Kier molecular flexibility index (Phi) is 3.84. The van der Waals surface area contributed by atoms with Gasteiger partial charge in [-0.2, -0.15) is 8.42 Å². The maximum atomic E-state index is 10.7. The summed E-state index contributed by atoms with van der Waals surface area (Å²) in [6, 6.07) is 8.40. The number of hydrogen-bond acceptors (Lipinski definition) is 2. The molecule has 0 saturated heterocycles. The van der Waals surface area contributed by atoms with Gasteiger partial charge in [-0.25, -0.2) is 0 Å². The van der Waals surface area contributed by atoms with Crippen LogP contribution in [0.5, 0.6) is 0 Å². The van der Waals surface area contributed by atoms with Crippen LogP contribution in [-0.4, -0.2) is 18.7 Å². The normalized spacial score (nSPS) is 19.9. The first-order chi connectivity index (χ1) is 8.06. The lowest BCUT2D eigenvalue weighted by Gasteiger charge is -2.25. The maximum absolute atomic E-state index is 10.7. The Balaban J connectivity index is 1.99. The Morgan fingerprint density at radius 2 is 2.06 bits per heavy atom. The summed E-state index contributed by atoms with van der Waals surface area (Å²) in [5.74, 6) is 0.341. The predicted octanol–water partition coefficient (Wildman–Crippen LogP) is 2.77. The van der Waals surface area contributed by atoms with Crippen molar-refractivity contribution in [1.82, 2.24) is 0 Å². The molecule has 1 aromatic rings. The van der Waals surface area contributed by atoms with E-state index in [4.69, 9.17) is 4.55 Å². The molecule has 0 saturated carbocycles. The Morgan fingerprint density at radius 3 is 2.82 bits per heavy atom. The van der Waals surface area contributed by atoms with Crippen molar-refractivity contribution in [3.05, 3.63) is 35.4 Å². The largest absolute Gasteiger partial charge is 0.286 e. The highest BCUT2D eigenvalue weighted by atomic mass is 32.2. The second kappa shape index (κ2) is 5.19. The monoisotopic (exact) mass is 254 g/mol. The highest BCUT2D eigenvalue weighted by molar-refractivity contribution is 7.85. The third-order valence-corrected chi connectivity index (χ3v) is 4.25. The van der Waals surface area contributed by atoms with Crippen LogP contribution in [-0.2, 0) is 16.5 Å². The predicted molar refractivity (Wildman–Crippen MR) is 67.8 cm³/mol. The van der Waals surface area contributed by atoms with Crippen LogP contribution < -0.4 is 0 Å². The minimum Gasteiger partial charge on any atom is -0.286 e. The van der Waals surface area contributed by atoms with Crippen molar-refractivity contribution in [2.45, 2.75) is 38.0 Å². The first-order valence-electron chi connectivity index (χ1n) is 6.09. The number of fused-ring (bicyclic) bond motifs is 1. The van der Waals surface area contributed by atoms with Crippen LogP contribution in [0.1, 0.15) is 42.7 Å². The molecule has 4 heteroatoms. The molecule has 1 atom stereocenters. The second-order valence-electron chi connectivity index (χ2n) is 4.72. The minimum absolute atomic E-state index is 0.119. The van der Waals surface area contributed by atoms with Crippen molar-refractivity contribution in [3.63, 3.8) is 0 Å². The van der Waals surface area contributed by atoms with Crippen LogP contribution in [0.25, 0.3) is 0 Å². The Labute approximate surface area is 103 Å². The van der Waals surface area contributed by atoms with Crippen molar-refractivity contribution in [2.75, 3.05) is 5.75 Å². The molecule has 0 amide bonds. The van der Waals surface area contributed by atoms with Crippen LogP contribution in [0, 0.1) is 0 Å². The van der Waals surface area contributed by atoms with Gasteiger partial charge in [0.1, 0.15) is 0 Å². The molecule has 1 aliphatic carbocycles. The van der Waals surface area contributed by atoms with Gasteiger partial charge in [0.25, 0.3) is 10.1 Å². The third kappa shape index (κ3) is 3.54. The molecule has 1 unspecified atom stereocenters. The smallest absolute Gasteiger partial charge is 0.264 e. The van der Waals surface area contributed by atoms with Crippen molar-refractivity contribution >= 4 is 10.1 Å². The van der Waals surface area contributed by atoms with E-state index >= 15 is 0 Å². The summed E-state index contributed by atoms with van der Waals surface area (Å²) in [4.78, 5) is 0. The molecule has 0 bridgehead atoms. The van der Waals surface area contributed by atoms with E-state index in [1.807, 2.05) is 6.07 Å². The SMILES string of the molecule is O=S(=O)(O)CCCC1CCCc2ccccc21. The van der Waals surface area contributed by atoms with Crippen LogP contribution >= 0.6 is 0 Å². The van der Waals surface area contributed by atoms with Crippen molar-refractivity contribution in [3.8, 4) is 0 Å². The Morgan fingerprint density at radius 1 is 1.29 bits per heavy atom. The summed E-state index contributed by atoms with van der Waals surface area (Å²) in [7, 11) is -3.80. The van der Waals surface area contributed by atoms with Gasteiger partial charge in [-0.3, -0.25) is 4.55 Å². The fourth-order valence-electron chi connectivity index (χ4n) is 2.67. The van der Waals surface area contributed by atoms with E-state index < -0.39 is 10.1 Å². The lowest BCUT2D eigenvalue weighted by molar-refractivity contribution is 0.471. The molecule has 2 rings (SSSR count). The van der Waals surface area contributed by atoms with Crippen LogP contribution in [0.2, 0.25) is 0 Å². The molecular formula is C13H18O3S. The van der Waals surface area contributed by atoms with E-state index in [1.165, 1.54) is 17.5 Å². The summed E-state index contributed by atoms with van der Waals surface area (Å²) in [5, 5.41) is 0. The van der Waals surface area contributed by atoms with Gasteiger partial charge in [0.15, 0.2) is 0 Å². The first-order valence-corrected chi connectivity index (χ1v) is 7.70. The standard InChI is InChI=1S/C13H18O3S/c14-17(15,16)10-4-8-12-7-3-6-11-5-1-2-9-13(11)12/h1-2,5,9,12H,3-4,6-8,10H2,(H,14,15,16). The fourth-order valence-corrected chi connectivity index (χ4v) is 3.20. The molecule has 0 radical (unpaired) electrons. The molecule has 0 heterocycles. The highest BCUT2D eigenvalue weighted by Gasteiger charge is 2.19. The Hall–Kier alpha value is -0.870. The zero-order valence-corrected chi connectivity index (χ0v) is 10.6. The van der Waals surface area contributed by atoms with Gasteiger partial charge in [-0.05, 0) is 49.1 Å². The molecule has 17 heavy (non-hydrogen) atoms. The van der Waals surface area contributed by atoms with E-state index in [2.05, 4.69) is 18.2 Å². The van der Waals surface area contributed by atoms with Gasteiger partial charge in [0.05, 0.1) is 5.75 Å². The topological polar surface area (TPSA) is 54.4 Å². The van der Waals surface area contributed by atoms with E-state index in [0.29, 0.717) is 12.3 Å². The van der Waals surface area contributed by atoms with Gasteiger partial charge >= 0.3 is 0 Å². The molecule has 3 nitrogen and oxygen atoms in total. The van der Waals surface area contributed by atoms with Crippen LogP contribution in [0.3, 0.4) is 0 Å². The van der Waals surface area contributed by atoms with Gasteiger partial charge in [0.2, 0.25) is 0 Å². The van der Waals surface area contributed by atoms with Crippen LogP contribution in [0.4, 0.5) is 0 Å². The molecule has 0 aliphatic heterocycles. The second-order valence-corrected chi connectivity index (χ2v) is 6.29. The highest BCUT2D eigenvalue weighted by Crippen LogP contribution is 2.34. The first kappa shape index (κ1) is 12.6. The van der Waals surface area contributed by atoms with Gasteiger partial charge in [-0.1, -0.05) is 24.3 Å². The average molecular weight is 254 g/mol. The van der Waals surface area contributed by atoms with Gasteiger partial charge in [-0.15, -0.1) is 0 Å². The molecule has 1 aromatic carbocycles. The molecular weight excluding hydrogens is 236 g/mol. The minimum atomic E-state index is -3.80. The third-order valence-electron chi connectivity index (χ3n) is 3.45. The number of aryl methyl sites for hydroxylation is 1. The van der Waals surface area contributed by atoms with Crippen molar-refractivity contribution in [2.24, 2.45) is 0 Å². The van der Waals surface area contributed by atoms with Gasteiger partial charge in [0, 0.05) is 0 Å². The molecule has 1 aliphatic rings. The van der Waals surface area contributed by atoms with E-state index in [1.54, 1.807) is 0 Å². The van der Waals surface area contributed by atoms with Crippen LogP contribution in [0.15, 0.2) is 24.3 Å². The summed E-state index contributed by atoms with van der Waals surface area (Å²) < 4.78 is 30.1.